The van der Waals surface area contributed by atoms with E-state index in [2.05, 4.69) is 59.6 Å². The Kier molecular flexibility index (Phi) is 10.5. The van der Waals surface area contributed by atoms with Gasteiger partial charge in [0.25, 0.3) is 0 Å². The van der Waals surface area contributed by atoms with Crippen LogP contribution in [0.3, 0.4) is 0 Å². The summed E-state index contributed by atoms with van der Waals surface area (Å²) in [4.78, 5) is 24.9. The van der Waals surface area contributed by atoms with E-state index in [9.17, 15) is 9.59 Å². The normalized spacial score (nSPS) is 11.1. The van der Waals surface area contributed by atoms with Crippen molar-refractivity contribution in [3.63, 3.8) is 0 Å². The molecule has 0 aliphatic carbocycles. The number of carbonyl (C=O) groups is 2. The lowest BCUT2D eigenvalue weighted by molar-refractivity contribution is 0.0447. The van der Waals surface area contributed by atoms with Gasteiger partial charge in [0, 0.05) is 8.95 Å². The Hall–Kier alpha value is -0.880. The fourth-order valence-corrected chi connectivity index (χ4v) is 3.04. The number of carbonyl (C=O) groups excluding carboxylic acids is 2. The minimum atomic E-state index is -0.504. The summed E-state index contributed by atoms with van der Waals surface area (Å²) in [6.07, 6.45) is 3.58. The molecular weight excluding hydrogens is 464 g/mol. The van der Waals surface area contributed by atoms with Gasteiger partial charge in [-0.1, -0.05) is 27.7 Å². The largest absolute Gasteiger partial charge is 0.462 e. The minimum Gasteiger partial charge on any atom is -0.462 e. The van der Waals surface area contributed by atoms with E-state index in [1.807, 2.05) is 0 Å². The van der Waals surface area contributed by atoms with Crippen molar-refractivity contribution in [2.45, 2.75) is 53.4 Å². The molecule has 0 saturated carbocycles. The molecule has 0 aliphatic rings. The predicted octanol–water partition coefficient (Wildman–Crippen LogP) is 6.40. The first-order valence-electron chi connectivity index (χ1n) is 9.05. The lowest BCUT2D eigenvalue weighted by atomic mass is 10.1. The lowest BCUT2D eigenvalue weighted by Gasteiger charge is -2.12. The van der Waals surface area contributed by atoms with Crippen LogP contribution in [0.5, 0.6) is 0 Å². The molecule has 0 spiro atoms. The average Bonchev–Trinajstić information content (AvgIpc) is 2.56. The van der Waals surface area contributed by atoms with Crippen LogP contribution in [0, 0.1) is 11.8 Å². The molecule has 0 atom stereocenters. The fraction of sp³-hybridized carbons (Fsp3) is 0.600. The van der Waals surface area contributed by atoms with Gasteiger partial charge in [0.15, 0.2) is 0 Å². The number of halogens is 2. The molecule has 0 aliphatic heterocycles. The first kappa shape index (κ1) is 23.2. The highest BCUT2D eigenvalue weighted by Gasteiger charge is 2.21. The van der Waals surface area contributed by atoms with Crippen LogP contribution in [0.4, 0.5) is 0 Å². The second-order valence-corrected chi connectivity index (χ2v) is 8.86. The molecule has 0 saturated heterocycles. The molecule has 0 radical (unpaired) electrons. The summed E-state index contributed by atoms with van der Waals surface area (Å²) in [5.41, 5.74) is 0.442. The first-order chi connectivity index (χ1) is 12.2. The molecule has 26 heavy (non-hydrogen) atoms. The highest BCUT2D eigenvalue weighted by Crippen LogP contribution is 2.28. The zero-order valence-corrected chi connectivity index (χ0v) is 19.1. The smallest absolute Gasteiger partial charge is 0.339 e. The van der Waals surface area contributed by atoms with Crippen LogP contribution in [0.25, 0.3) is 0 Å². The Morgan fingerprint density at radius 2 is 1.15 bits per heavy atom. The van der Waals surface area contributed by atoms with Gasteiger partial charge in [-0.15, -0.1) is 0 Å². The molecule has 1 aromatic rings. The fourth-order valence-electron chi connectivity index (χ4n) is 2.35. The number of rotatable bonds is 10. The summed E-state index contributed by atoms with van der Waals surface area (Å²) in [6.45, 7) is 9.19. The van der Waals surface area contributed by atoms with E-state index in [0.717, 1.165) is 25.7 Å². The molecule has 4 nitrogen and oxygen atoms in total. The third-order valence-corrected chi connectivity index (χ3v) is 5.66. The monoisotopic (exact) mass is 490 g/mol. The van der Waals surface area contributed by atoms with Crippen LogP contribution in [0.1, 0.15) is 74.1 Å². The Morgan fingerprint density at radius 3 is 1.46 bits per heavy atom. The number of hydrogen-bond acceptors (Lipinski definition) is 4. The van der Waals surface area contributed by atoms with E-state index in [1.165, 1.54) is 0 Å². The number of esters is 2. The summed E-state index contributed by atoms with van der Waals surface area (Å²) in [7, 11) is 0. The molecule has 1 rings (SSSR count). The predicted molar refractivity (Wildman–Crippen MR) is 111 cm³/mol. The Morgan fingerprint density at radius 1 is 0.808 bits per heavy atom. The van der Waals surface area contributed by atoms with Crippen molar-refractivity contribution in [1.29, 1.82) is 0 Å². The van der Waals surface area contributed by atoms with E-state index in [-0.39, 0.29) is 11.1 Å². The maximum Gasteiger partial charge on any atom is 0.339 e. The van der Waals surface area contributed by atoms with Crippen molar-refractivity contribution < 1.29 is 19.1 Å². The summed E-state index contributed by atoms with van der Waals surface area (Å²) in [5.74, 6) is 0.117. The molecule has 0 aromatic heterocycles. The molecule has 0 fully saturated rings. The van der Waals surface area contributed by atoms with E-state index >= 15 is 0 Å². The second kappa shape index (κ2) is 11.8. The van der Waals surface area contributed by atoms with Gasteiger partial charge in [0.1, 0.15) is 0 Å². The van der Waals surface area contributed by atoms with E-state index in [1.54, 1.807) is 12.1 Å². The third-order valence-electron chi connectivity index (χ3n) is 3.82. The first-order valence-corrected chi connectivity index (χ1v) is 10.6. The van der Waals surface area contributed by atoms with Gasteiger partial charge in [0.2, 0.25) is 0 Å². The molecule has 6 heteroatoms. The SMILES string of the molecule is CC(C)CCCOC(=O)c1cc(Br)c(Br)cc1C(=O)OCCCC(C)C. The van der Waals surface area contributed by atoms with Crippen molar-refractivity contribution in [2.75, 3.05) is 13.2 Å². The summed E-state index contributed by atoms with van der Waals surface area (Å²) < 4.78 is 12.0. The average molecular weight is 492 g/mol. The highest BCUT2D eigenvalue weighted by molar-refractivity contribution is 9.13. The van der Waals surface area contributed by atoms with Gasteiger partial charge in [0.05, 0.1) is 24.3 Å². The van der Waals surface area contributed by atoms with Crippen LogP contribution >= 0.6 is 31.9 Å². The van der Waals surface area contributed by atoms with Crippen molar-refractivity contribution in [2.24, 2.45) is 11.8 Å². The lowest BCUT2D eigenvalue weighted by Crippen LogP contribution is -2.15. The molecule has 0 heterocycles. The summed E-state index contributed by atoms with van der Waals surface area (Å²) >= 11 is 6.74. The molecule has 0 N–H and O–H groups in total. The van der Waals surface area contributed by atoms with Gasteiger partial charge >= 0.3 is 11.9 Å². The van der Waals surface area contributed by atoms with Gasteiger partial charge in [-0.3, -0.25) is 0 Å². The third kappa shape index (κ3) is 8.21. The van der Waals surface area contributed by atoms with Crippen molar-refractivity contribution >= 4 is 43.8 Å². The Bertz CT molecular complexity index is 559. The van der Waals surface area contributed by atoms with Crippen LogP contribution < -0.4 is 0 Å². The maximum atomic E-state index is 12.4. The van der Waals surface area contributed by atoms with Crippen molar-refractivity contribution in [1.82, 2.24) is 0 Å². The molecule has 146 valence electrons. The second-order valence-electron chi connectivity index (χ2n) is 7.16. The van der Waals surface area contributed by atoms with Crippen molar-refractivity contribution in [3.05, 3.63) is 32.2 Å². The van der Waals surface area contributed by atoms with Crippen LogP contribution in [-0.4, -0.2) is 25.2 Å². The van der Waals surface area contributed by atoms with E-state index in [4.69, 9.17) is 9.47 Å². The van der Waals surface area contributed by atoms with Gasteiger partial charge in [-0.05, 0) is 81.5 Å². The Labute approximate surface area is 173 Å². The molecule has 1 aromatic carbocycles. The standard InChI is InChI=1S/C20H28Br2O4/c1-13(2)7-5-9-25-19(23)15-11-17(21)18(22)12-16(15)20(24)26-10-6-8-14(3)4/h11-14H,5-10H2,1-4H3. The zero-order valence-electron chi connectivity index (χ0n) is 15.9. The zero-order chi connectivity index (χ0) is 19.7. The van der Waals surface area contributed by atoms with Gasteiger partial charge in [-0.2, -0.15) is 0 Å². The molecule has 0 bridgehead atoms. The molecule has 0 amide bonds. The summed E-state index contributed by atoms with van der Waals surface area (Å²) in [5, 5.41) is 0. The summed E-state index contributed by atoms with van der Waals surface area (Å²) in [6, 6.07) is 3.19. The topological polar surface area (TPSA) is 52.6 Å². The van der Waals surface area contributed by atoms with Crippen LogP contribution in [0.2, 0.25) is 0 Å². The Balaban J connectivity index is 2.79. The quantitative estimate of drug-likeness (QED) is 0.280. The van der Waals surface area contributed by atoms with Crippen LogP contribution in [0.15, 0.2) is 21.1 Å². The van der Waals surface area contributed by atoms with Gasteiger partial charge in [-0.25, -0.2) is 9.59 Å². The number of hydrogen-bond donors (Lipinski definition) is 0. The molecule has 0 unspecified atom stereocenters. The van der Waals surface area contributed by atoms with Gasteiger partial charge < -0.3 is 9.47 Å². The van der Waals surface area contributed by atoms with Crippen molar-refractivity contribution in [3.8, 4) is 0 Å². The van der Waals surface area contributed by atoms with E-state index < -0.39 is 11.9 Å². The molecular formula is C20H28Br2O4. The number of ether oxygens (including phenoxy) is 2. The minimum absolute atomic E-state index is 0.221. The van der Waals surface area contributed by atoms with Crippen LogP contribution in [-0.2, 0) is 9.47 Å². The maximum absolute atomic E-state index is 12.4. The highest BCUT2D eigenvalue weighted by atomic mass is 79.9. The van der Waals surface area contributed by atoms with E-state index in [0.29, 0.717) is 34.0 Å². The number of benzene rings is 1.